The van der Waals surface area contributed by atoms with E-state index in [0.717, 1.165) is 53.0 Å². The molecule has 3 aliphatic rings. The van der Waals surface area contributed by atoms with Gasteiger partial charge in [0.15, 0.2) is 34.4 Å². The molecule has 4 atom stereocenters. The maximum atomic E-state index is 15.9. The van der Waals surface area contributed by atoms with Crippen LogP contribution in [0.3, 0.4) is 0 Å². The summed E-state index contributed by atoms with van der Waals surface area (Å²) in [5.41, 5.74) is 9.47. The fourth-order valence-electron chi connectivity index (χ4n) is 11.2. The molecule has 19 heteroatoms. The van der Waals surface area contributed by atoms with E-state index in [1.54, 1.807) is 60.2 Å². The number of hydrogen-bond donors (Lipinski definition) is 2. The number of rotatable bonds is 18. The average molecular weight is 1050 g/mol. The van der Waals surface area contributed by atoms with E-state index in [4.69, 9.17) is 33.5 Å². The van der Waals surface area contributed by atoms with E-state index in [0.29, 0.717) is 94.0 Å². The molecule has 0 aliphatic heterocycles. The molecular formula is C59H52F3N13O3. The van der Waals surface area contributed by atoms with Crippen molar-refractivity contribution in [1.29, 1.82) is 5.26 Å². The maximum Gasteiger partial charge on any atom is 0.246 e. The number of aryl methyl sites for hydroxylation is 2. The summed E-state index contributed by atoms with van der Waals surface area (Å²) < 4.78 is 67.8. The number of oxazole rings is 2. The summed E-state index contributed by atoms with van der Waals surface area (Å²) in [6.07, 6.45) is 8.54. The summed E-state index contributed by atoms with van der Waals surface area (Å²) in [6, 6.07) is 26.8. The van der Waals surface area contributed by atoms with E-state index >= 15 is 13.2 Å². The standard InChI is InChI=1S/C59H52F3N13O3/c1-74-29-66-72-56(74)44-13-32(25-63)7-9-38(44)35-18-48(68-52(20-35)58-71-51-17-34(15-47(62)55(51)78-58)28-65-26-31-5-4-6-31)42-23-40(42)41-24-43(41)49-19-36(39-10-8-37(60)22-45(39)57-73-67-30-75(57)2)21-53(69-49)59-70-50-16-33(27-64-11-12-76-3)14-46(61)54(50)77-59/h7-10,13-22,29-31,40-43,64-65H,4-6,11-12,23-24,26-28H2,1-3H3. The molecule has 10 aromatic rings. The van der Waals surface area contributed by atoms with Crippen molar-refractivity contribution in [2.24, 2.45) is 31.8 Å². The summed E-state index contributed by atoms with van der Waals surface area (Å²) in [5.74, 6) is 1.05. The van der Waals surface area contributed by atoms with Crippen LogP contribution >= 0.6 is 0 Å². The van der Waals surface area contributed by atoms with Crippen LogP contribution in [0, 0.1) is 46.5 Å². The third-order valence-corrected chi connectivity index (χ3v) is 15.6. The van der Waals surface area contributed by atoms with Gasteiger partial charge < -0.3 is 33.3 Å². The van der Waals surface area contributed by atoms with Crippen molar-refractivity contribution in [3.05, 3.63) is 143 Å². The predicted molar refractivity (Wildman–Crippen MR) is 284 cm³/mol. The fourth-order valence-corrected chi connectivity index (χ4v) is 11.2. The summed E-state index contributed by atoms with van der Waals surface area (Å²) in [5, 5.41) is 33.7. The first-order valence-corrected chi connectivity index (χ1v) is 26.2. The third kappa shape index (κ3) is 9.49. The number of pyridine rings is 2. The Morgan fingerprint density at radius 1 is 0.654 bits per heavy atom. The minimum atomic E-state index is -0.541. The van der Waals surface area contributed by atoms with E-state index in [-0.39, 0.29) is 46.6 Å². The Kier molecular flexibility index (Phi) is 12.7. The number of aromatic nitrogens is 10. The van der Waals surface area contributed by atoms with Crippen LogP contribution in [0.1, 0.15) is 72.0 Å². The lowest BCUT2D eigenvalue weighted by molar-refractivity contribution is 0.199. The summed E-state index contributed by atoms with van der Waals surface area (Å²) >= 11 is 0. The van der Waals surface area contributed by atoms with Gasteiger partial charge in [0.05, 0.1) is 18.2 Å². The van der Waals surface area contributed by atoms with Crippen LogP contribution in [0.15, 0.2) is 106 Å². The highest BCUT2D eigenvalue weighted by Gasteiger charge is 2.55. The molecule has 0 bridgehead atoms. The second-order valence-electron chi connectivity index (χ2n) is 20.9. The number of halogens is 3. The van der Waals surface area contributed by atoms with Crippen molar-refractivity contribution >= 4 is 22.2 Å². The van der Waals surface area contributed by atoms with Crippen LogP contribution in [-0.2, 0) is 31.9 Å². The van der Waals surface area contributed by atoms with Gasteiger partial charge in [-0.15, -0.1) is 20.4 Å². The Hall–Kier alpha value is -8.44. The van der Waals surface area contributed by atoms with Gasteiger partial charge in [0, 0.05) is 75.2 Å². The highest BCUT2D eigenvalue weighted by atomic mass is 19.1. The molecule has 4 unspecified atom stereocenters. The maximum absolute atomic E-state index is 15.9. The van der Waals surface area contributed by atoms with E-state index in [1.807, 2.05) is 37.4 Å². The first-order chi connectivity index (χ1) is 38.0. The molecular weight excluding hydrogens is 996 g/mol. The van der Waals surface area contributed by atoms with Crippen LogP contribution < -0.4 is 10.6 Å². The van der Waals surface area contributed by atoms with Gasteiger partial charge in [0.25, 0.3) is 0 Å². The van der Waals surface area contributed by atoms with Gasteiger partial charge >= 0.3 is 0 Å². The van der Waals surface area contributed by atoms with E-state index in [9.17, 15) is 5.26 Å². The van der Waals surface area contributed by atoms with Crippen molar-refractivity contribution < 1.29 is 26.7 Å². The Morgan fingerprint density at radius 3 is 1.72 bits per heavy atom. The zero-order valence-corrected chi connectivity index (χ0v) is 43.0. The van der Waals surface area contributed by atoms with Crippen LogP contribution in [0.5, 0.6) is 0 Å². The summed E-state index contributed by atoms with van der Waals surface area (Å²) in [6.45, 7) is 2.93. The van der Waals surface area contributed by atoms with Crippen LogP contribution in [-0.4, -0.2) is 76.3 Å². The quantitative estimate of drug-likeness (QED) is 0.0770. The number of nitrogens with one attached hydrogen (secondary N) is 2. The Balaban J connectivity index is 0.862. The molecule has 3 saturated carbocycles. The van der Waals surface area contributed by atoms with Gasteiger partial charge in [0.2, 0.25) is 11.8 Å². The van der Waals surface area contributed by atoms with Gasteiger partial charge in [-0.05, 0) is 156 Å². The van der Waals surface area contributed by atoms with Gasteiger partial charge in [0.1, 0.15) is 40.9 Å². The highest BCUT2D eigenvalue weighted by Crippen LogP contribution is 2.65. The van der Waals surface area contributed by atoms with Crippen molar-refractivity contribution in [3.63, 3.8) is 0 Å². The van der Waals surface area contributed by atoms with Crippen LogP contribution in [0.4, 0.5) is 13.2 Å². The smallest absolute Gasteiger partial charge is 0.246 e. The van der Waals surface area contributed by atoms with Crippen molar-refractivity contribution in [3.8, 4) is 74.3 Å². The SMILES string of the molecule is COCCNCc1cc(F)c2oc(-c3cc(-c4ccc(F)cc4-c4nncn4C)cc(C4CC4C4CC4c4cc(-c5ccc(C#N)cc5-c5nncn5C)cc(-c5nc6cc(CNCC7CCC7)cc(F)c6o5)n4)n3)nc2c1. The molecule has 3 aliphatic carbocycles. The molecule has 13 rings (SSSR count). The fraction of sp³-hybridized carbons (Fsp3) is 0.305. The van der Waals surface area contributed by atoms with Gasteiger partial charge in [-0.1, -0.05) is 18.6 Å². The van der Waals surface area contributed by atoms with Crippen LogP contribution in [0.25, 0.3) is 90.4 Å². The second kappa shape index (κ2) is 20.2. The molecule has 0 amide bonds. The Bertz CT molecular complexity index is 3990. The number of nitrogens with zero attached hydrogens (tertiary/aromatic N) is 11. The Labute approximate surface area is 445 Å². The monoisotopic (exact) mass is 1050 g/mol. The van der Waals surface area contributed by atoms with Gasteiger partial charge in [-0.3, -0.25) is 0 Å². The van der Waals surface area contributed by atoms with Gasteiger partial charge in [-0.25, -0.2) is 33.1 Å². The topological polar surface area (TPSA) is 196 Å². The first-order valence-electron chi connectivity index (χ1n) is 26.2. The predicted octanol–water partition coefficient (Wildman–Crippen LogP) is 10.8. The average Bonchev–Trinajstić information content (AvgIpc) is 4.26. The molecule has 16 nitrogen and oxygen atoms in total. The lowest BCUT2D eigenvalue weighted by Gasteiger charge is -2.25. The largest absolute Gasteiger partial charge is 0.432 e. The molecule has 0 saturated heterocycles. The van der Waals surface area contributed by atoms with E-state index < -0.39 is 17.5 Å². The van der Waals surface area contributed by atoms with Gasteiger partial charge in [-0.2, -0.15) is 5.26 Å². The first kappa shape index (κ1) is 49.2. The number of hydrogen-bond acceptors (Lipinski definition) is 14. The zero-order chi connectivity index (χ0) is 53.2. The molecule has 392 valence electrons. The lowest BCUT2D eigenvalue weighted by Crippen LogP contribution is -2.26. The number of nitriles is 1. The van der Waals surface area contributed by atoms with Crippen molar-refractivity contribution in [2.45, 2.75) is 57.0 Å². The van der Waals surface area contributed by atoms with Crippen LogP contribution in [0.2, 0.25) is 0 Å². The molecule has 6 aromatic heterocycles. The Morgan fingerprint density at radius 2 is 1.21 bits per heavy atom. The molecule has 2 N–H and O–H groups in total. The molecule has 0 radical (unpaired) electrons. The third-order valence-electron chi connectivity index (χ3n) is 15.6. The second-order valence-corrected chi connectivity index (χ2v) is 20.9. The molecule has 0 spiro atoms. The molecule has 3 fully saturated rings. The lowest BCUT2D eigenvalue weighted by atomic mass is 9.85. The summed E-state index contributed by atoms with van der Waals surface area (Å²) in [4.78, 5) is 20.1. The number of ether oxygens (including phenoxy) is 1. The molecule has 78 heavy (non-hydrogen) atoms. The number of methoxy groups -OCH3 is 1. The number of fused-ring (bicyclic) bond motifs is 2. The molecule has 4 aromatic carbocycles. The zero-order valence-electron chi connectivity index (χ0n) is 43.0. The normalized spacial score (nSPS) is 18.0. The minimum absolute atomic E-state index is 0.0179. The van der Waals surface area contributed by atoms with E-state index in [2.05, 4.69) is 43.2 Å². The van der Waals surface area contributed by atoms with E-state index in [1.165, 1.54) is 43.5 Å². The minimum Gasteiger partial charge on any atom is -0.432 e. The highest BCUT2D eigenvalue weighted by molar-refractivity contribution is 5.86. The number of benzene rings is 4. The molecule has 6 heterocycles. The van der Waals surface area contributed by atoms with Crippen molar-refractivity contribution in [2.75, 3.05) is 26.8 Å². The summed E-state index contributed by atoms with van der Waals surface area (Å²) in [7, 11) is 5.28. The van der Waals surface area contributed by atoms with Crippen molar-refractivity contribution in [1.82, 2.24) is 60.1 Å².